The van der Waals surface area contributed by atoms with Crippen LogP contribution >= 0.6 is 0 Å². The maximum Gasteiger partial charge on any atom is 0.258 e. The molecular formula is C15H21NO4. The largest absolute Gasteiger partial charge is 0.483 e. The molecule has 1 aliphatic rings. The molecule has 0 bridgehead atoms. The number of rotatable bonds is 5. The van der Waals surface area contributed by atoms with E-state index in [4.69, 9.17) is 9.47 Å². The Bertz CT molecular complexity index is 455. The highest BCUT2D eigenvalue weighted by atomic mass is 16.5. The van der Waals surface area contributed by atoms with Crippen LogP contribution < -0.4 is 10.1 Å². The Hall–Kier alpha value is -1.59. The predicted molar refractivity (Wildman–Crippen MR) is 74.6 cm³/mol. The summed E-state index contributed by atoms with van der Waals surface area (Å²) in [7, 11) is 0. The molecule has 1 saturated heterocycles. The van der Waals surface area contributed by atoms with Crippen LogP contribution in [0.15, 0.2) is 18.2 Å². The number of aryl methyl sites for hydroxylation is 1. The topological polar surface area (TPSA) is 67.8 Å². The minimum Gasteiger partial charge on any atom is -0.483 e. The molecule has 0 radical (unpaired) electrons. The SMILES string of the molecule is Cc1ccc(OCC(=O)NC2CCOCC2)c(CO)c1. The summed E-state index contributed by atoms with van der Waals surface area (Å²) in [4.78, 5) is 11.8. The molecule has 0 aromatic heterocycles. The van der Waals surface area contributed by atoms with Crippen molar-refractivity contribution >= 4 is 5.91 Å². The van der Waals surface area contributed by atoms with Gasteiger partial charge in [0.2, 0.25) is 0 Å². The first-order valence-electron chi connectivity index (χ1n) is 6.89. The van der Waals surface area contributed by atoms with Gasteiger partial charge >= 0.3 is 0 Å². The van der Waals surface area contributed by atoms with Gasteiger partial charge in [0.05, 0.1) is 6.61 Å². The van der Waals surface area contributed by atoms with Crippen molar-refractivity contribution in [2.75, 3.05) is 19.8 Å². The Labute approximate surface area is 118 Å². The second-order valence-corrected chi connectivity index (χ2v) is 5.01. The van der Waals surface area contributed by atoms with Gasteiger partial charge in [0, 0.05) is 24.8 Å². The lowest BCUT2D eigenvalue weighted by molar-refractivity contribution is -0.124. The van der Waals surface area contributed by atoms with Gasteiger partial charge in [-0.1, -0.05) is 17.7 Å². The van der Waals surface area contributed by atoms with Gasteiger partial charge in [0.25, 0.3) is 5.91 Å². The van der Waals surface area contributed by atoms with E-state index in [1.54, 1.807) is 6.07 Å². The summed E-state index contributed by atoms with van der Waals surface area (Å²) in [6.45, 7) is 3.20. The molecule has 2 rings (SSSR count). The lowest BCUT2D eigenvalue weighted by atomic mass is 10.1. The third kappa shape index (κ3) is 4.21. The number of ether oxygens (including phenoxy) is 2. The highest BCUT2D eigenvalue weighted by Gasteiger charge is 2.16. The average Bonchev–Trinajstić information content (AvgIpc) is 2.47. The van der Waals surface area contributed by atoms with Gasteiger partial charge in [0.15, 0.2) is 6.61 Å². The van der Waals surface area contributed by atoms with Gasteiger partial charge in [0.1, 0.15) is 5.75 Å². The van der Waals surface area contributed by atoms with Gasteiger partial charge in [-0.2, -0.15) is 0 Å². The minimum absolute atomic E-state index is 0.0343. The van der Waals surface area contributed by atoms with Gasteiger partial charge in [-0.15, -0.1) is 0 Å². The van der Waals surface area contributed by atoms with Crippen LogP contribution in [0.25, 0.3) is 0 Å². The molecule has 0 saturated carbocycles. The zero-order valence-electron chi connectivity index (χ0n) is 11.7. The highest BCUT2D eigenvalue weighted by Crippen LogP contribution is 2.19. The Morgan fingerprint density at radius 2 is 2.20 bits per heavy atom. The summed E-state index contributed by atoms with van der Waals surface area (Å²) in [5.41, 5.74) is 1.75. The molecule has 5 nitrogen and oxygen atoms in total. The maximum absolute atomic E-state index is 11.8. The third-order valence-corrected chi connectivity index (χ3v) is 3.33. The fraction of sp³-hybridized carbons (Fsp3) is 0.533. The van der Waals surface area contributed by atoms with Crippen LogP contribution in [0.2, 0.25) is 0 Å². The van der Waals surface area contributed by atoms with Crippen molar-refractivity contribution < 1.29 is 19.4 Å². The molecule has 0 unspecified atom stereocenters. The van der Waals surface area contributed by atoms with Crippen LogP contribution in [0.1, 0.15) is 24.0 Å². The van der Waals surface area contributed by atoms with E-state index < -0.39 is 0 Å². The molecule has 1 aliphatic heterocycles. The number of hydrogen-bond donors (Lipinski definition) is 2. The number of aliphatic hydroxyl groups excluding tert-OH is 1. The van der Waals surface area contributed by atoms with Crippen molar-refractivity contribution in [1.29, 1.82) is 0 Å². The van der Waals surface area contributed by atoms with Gasteiger partial charge in [-0.25, -0.2) is 0 Å². The first-order chi connectivity index (χ1) is 9.69. The number of carbonyl (C=O) groups excluding carboxylic acids is 1. The highest BCUT2D eigenvalue weighted by molar-refractivity contribution is 5.77. The normalized spacial score (nSPS) is 15.9. The minimum atomic E-state index is -0.138. The summed E-state index contributed by atoms with van der Waals surface area (Å²) in [6.07, 6.45) is 1.69. The fourth-order valence-corrected chi connectivity index (χ4v) is 2.23. The van der Waals surface area contributed by atoms with E-state index in [9.17, 15) is 9.90 Å². The molecule has 1 aromatic rings. The molecule has 1 amide bonds. The van der Waals surface area contributed by atoms with Crippen molar-refractivity contribution in [2.24, 2.45) is 0 Å². The van der Waals surface area contributed by atoms with Gasteiger partial charge in [-0.3, -0.25) is 4.79 Å². The molecule has 0 spiro atoms. The van der Waals surface area contributed by atoms with Gasteiger partial charge in [-0.05, 0) is 25.8 Å². The van der Waals surface area contributed by atoms with E-state index in [1.807, 2.05) is 19.1 Å². The van der Waals surface area contributed by atoms with E-state index in [1.165, 1.54) is 0 Å². The van der Waals surface area contributed by atoms with Crippen LogP contribution in [0, 0.1) is 6.92 Å². The van der Waals surface area contributed by atoms with Crippen LogP contribution in [0.3, 0.4) is 0 Å². The maximum atomic E-state index is 11.8. The third-order valence-electron chi connectivity index (χ3n) is 3.33. The number of hydrogen-bond acceptors (Lipinski definition) is 4. The van der Waals surface area contributed by atoms with Crippen molar-refractivity contribution in [3.63, 3.8) is 0 Å². The summed E-state index contributed by atoms with van der Waals surface area (Å²) >= 11 is 0. The van der Waals surface area contributed by atoms with Crippen LogP contribution in [0.5, 0.6) is 5.75 Å². The predicted octanol–water partition coefficient (Wildman–Crippen LogP) is 1.16. The van der Waals surface area contributed by atoms with Crippen molar-refractivity contribution in [3.8, 4) is 5.75 Å². The fourth-order valence-electron chi connectivity index (χ4n) is 2.23. The molecule has 5 heteroatoms. The number of nitrogens with one attached hydrogen (secondary N) is 1. The quantitative estimate of drug-likeness (QED) is 0.849. The first-order valence-corrected chi connectivity index (χ1v) is 6.89. The zero-order valence-corrected chi connectivity index (χ0v) is 11.7. The lowest BCUT2D eigenvalue weighted by Crippen LogP contribution is -2.41. The van der Waals surface area contributed by atoms with Crippen molar-refractivity contribution in [3.05, 3.63) is 29.3 Å². The van der Waals surface area contributed by atoms with Crippen molar-refractivity contribution in [2.45, 2.75) is 32.4 Å². The molecule has 20 heavy (non-hydrogen) atoms. The van der Waals surface area contributed by atoms with E-state index in [0.29, 0.717) is 24.5 Å². The molecule has 110 valence electrons. The average molecular weight is 279 g/mol. The second-order valence-electron chi connectivity index (χ2n) is 5.01. The van der Waals surface area contributed by atoms with E-state index in [2.05, 4.69) is 5.32 Å². The number of carbonyl (C=O) groups is 1. The molecule has 1 heterocycles. The van der Waals surface area contributed by atoms with Crippen LogP contribution in [0.4, 0.5) is 0 Å². The monoisotopic (exact) mass is 279 g/mol. The van der Waals surface area contributed by atoms with Crippen LogP contribution in [-0.2, 0) is 16.1 Å². The summed E-state index contributed by atoms with van der Waals surface area (Å²) in [5, 5.41) is 12.2. The standard InChI is InChI=1S/C15H21NO4/c1-11-2-3-14(12(8-11)9-17)20-10-15(18)16-13-4-6-19-7-5-13/h2-3,8,13,17H,4-7,9-10H2,1H3,(H,16,18). The molecule has 0 aliphatic carbocycles. The Morgan fingerprint density at radius 1 is 1.45 bits per heavy atom. The smallest absolute Gasteiger partial charge is 0.258 e. The lowest BCUT2D eigenvalue weighted by Gasteiger charge is -2.23. The number of amides is 1. The zero-order chi connectivity index (χ0) is 14.4. The Morgan fingerprint density at radius 3 is 2.90 bits per heavy atom. The molecule has 1 aromatic carbocycles. The van der Waals surface area contributed by atoms with Crippen molar-refractivity contribution in [1.82, 2.24) is 5.32 Å². The van der Waals surface area contributed by atoms with E-state index >= 15 is 0 Å². The summed E-state index contributed by atoms with van der Waals surface area (Å²) in [6, 6.07) is 5.70. The van der Waals surface area contributed by atoms with E-state index in [0.717, 1.165) is 18.4 Å². The first kappa shape index (κ1) is 14.8. The molecule has 0 atom stereocenters. The van der Waals surface area contributed by atoms with Crippen LogP contribution in [-0.4, -0.2) is 36.9 Å². The number of benzene rings is 1. The summed E-state index contributed by atoms with van der Waals surface area (Å²) < 4.78 is 10.7. The molecule has 1 fully saturated rings. The Balaban J connectivity index is 1.83. The molecule has 2 N–H and O–H groups in total. The Kier molecular flexibility index (Phi) is 5.38. The summed E-state index contributed by atoms with van der Waals surface area (Å²) in [5.74, 6) is 0.418. The number of aliphatic hydroxyl groups is 1. The second kappa shape index (κ2) is 7.26. The van der Waals surface area contributed by atoms with Gasteiger partial charge < -0.3 is 19.9 Å². The van der Waals surface area contributed by atoms with E-state index in [-0.39, 0.29) is 25.2 Å². The molecular weight excluding hydrogens is 258 g/mol.